The summed E-state index contributed by atoms with van der Waals surface area (Å²) >= 11 is 6.67. The predicted molar refractivity (Wildman–Crippen MR) is 174 cm³/mol. The second-order valence-electron chi connectivity index (χ2n) is 11.8. The Kier molecular flexibility index (Phi) is 10.1. The van der Waals surface area contributed by atoms with E-state index >= 15 is 0 Å². The van der Waals surface area contributed by atoms with E-state index in [1.165, 1.54) is 19.2 Å². The SMILES string of the molecule is COCCOC(=O)OC1=C(c2ccccc2)Nc2nc(N3CCCCC3)nc(N3CCCCC3)c2C1c1cccc(C(F)(F)F)c1Cl. The first kappa shape index (κ1) is 32.9. The summed E-state index contributed by atoms with van der Waals surface area (Å²) < 4.78 is 59.1. The molecule has 4 heterocycles. The molecule has 2 saturated heterocycles. The van der Waals surface area contributed by atoms with E-state index in [9.17, 15) is 18.0 Å². The Morgan fingerprint density at radius 2 is 1.60 bits per heavy atom. The fourth-order valence-corrected chi connectivity index (χ4v) is 6.73. The first-order valence-corrected chi connectivity index (χ1v) is 16.3. The van der Waals surface area contributed by atoms with Gasteiger partial charge in [-0.05, 0) is 50.2 Å². The third-order valence-electron chi connectivity index (χ3n) is 8.66. The second kappa shape index (κ2) is 14.4. The summed E-state index contributed by atoms with van der Waals surface area (Å²) in [7, 11) is 1.47. The second-order valence-corrected chi connectivity index (χ2v) is 12.1. The lowest BCUT2D eigenvalue weighted by Crippen LogP contribution is -2.36. The van der Waals surface area contributed by atoms with Gasteiger partial charge in [-0.25, -0.2) is 4.79 Å². The molecule has 2 aromatic carbocycles. The summed E-state index contributed by atoms with van der Waals surface area (Å²) in [5, 5.41) is 2.91. The van der Waals surface area contributed by atoms with Gasteiger partial charge in [-0.15, -0.1) is 0 Å². The van der Waals surface area contributed by atoms with Crippen LogP contribution in [0.4, 0.5) is 35.5 Å². The van der Waals surface area contributed by atoms with Gasteiger partial charge in [0.25, 0.3) is 0 Å². The number of anilines is 3. The molecule has 0 bridgehead atoms. The molecule has 0 amide bonds. The van der Waals surface area contributed by atoms with Gasteiger partial charge in [0.05, 0.1) is 34.4 Å². The van der Waals surface area contributed by atoms with Crippen molar-refractivity contribution in [1.82, 2.24) is 9.97 Å². The largest absolute Gasteiger partial charge is 0.513 e. The zero-order valence-corrected chi connectivity index (χ0v) is 26.9. The number of rotatable bonds is 8. The van der Waals surface area contributed by atoms with Crippen molar-refractivity contribution in [2.75, 3.05) is 61.6 Å². The Labute approximate surface area is 276 Å². The van der Waals surface area contributed by atoms with Crippen LogP contribution in [0.2, 0.25) is 5.02 Å². The van der Waals surface area contributed by atoms with Gasteiger partial charge < -0.3 is 29.3 Å². The number of nitrogens with one attached hydrogen (secondary N) is 1. The Morgan fingerprint density at radius 3 is 2.26 bits per heavy atom. The molecule has 0 saturated carbocycles. The smallest absolute Gasteiger partial charge is 0.432 e. The van der Waals surface area contributed by atoms with Crippen molar-refractivity contribution < 1.29 is 32.2 Å². The molecule has 0 aliphatic carbocycles. The van der Waals surface area contributed by atoms with Crippen molar-refractivity contribution in [3.05, 3.63) is 81.6 Å². The zero-order chi connectivity index (χ0) is 33.0. The number of hydrogen-bond acceptors (Lipinski definition) is 9. The average Bonchev–Trinajstić information content (AvgIpc) is 3.08. The molecule has 1 atom stereocenters. The maximum atomic E-state index is 14.3. The van der Waals surface area contributed by atoms with Gasteiger partial charge in [0, 0.05) is 38.9 Å². The van der Waals surface area contributed by atoms with Crippen LogP contribution in [-0.2, 0) is 20.4 Å². The average molecular weight is 672 g/mol. The molecular weight excluding hydrogens is 635 g/mol. The molecule has 6 rings (SSSR count). The number of aromatic nitrogens is 2. The number of ether oxygens (including phenoxy) is 3. The van der Waals surface area contributed by atoms with Crippen LogP contribution in [-0.4, -0.2) is 62.6 Å². The van der Waals surface area contributed by atoms with Gasteiger partial charge in [0.15, 0.2) is 0 Å². The lowest BCUT2D eigenvalue weighted by atomic mass is 9.84. The van der Waals surface area contributed by atoms with Gasteiger partial charge in [-0.3, -0.25) is 0 Å². The van der Waals surface area contributed by atoms with Gasteiger partial charge in [0.2, 0.25) is 5.95 Å². The molecular formula is C34H37ClF3N5O4. The van der Waals surface area contributed by atoms with E-state index in [0.717, 1.165) is 57.7 Å². The summed E-state index contributed by atoms with van der Waals surface area (Å²) in [5.41, 5.74) is 0.570. The van der Waals surface area contributed by atoms with Crippen molar-refractivity contribution in [3.63, 3.8) is 0 Å². The summed E-state index contributed by atoms with van der Waals surface area (Å²) in [6.45, 7) is 3.06. The van der Waals surface area contributed by atoms with Crippen molar-refractivity contribution in [1.29, 1.82) is 0 Å². The van der Waals surface area contributed by atoms with Crippen molar-refractivity contribution >= 4 is 41.0 Å². The number of methoxy groups -OCH3 is 1. The molecule has 47 heavy (non-hydrogen) atoms. The third-order valence-corrected chi connectivity index (χ3v) is 9.08. The Balaban J connectivity index is 1.62. The highest BCUT2D eigenvalue weighted by molar-refractivity contribution is 6.32. The first-order chi connectivity index (χ1) is 22.8. The van der Waals surface area contributed by atoms with Crippen molar-refractivity contribution in [2.45, 2.75) is 50.6 Å². The standard InChI is InChI=1S/C34H37ClF3N5O4/c1-45-20-21-46-33(44)47-29-25(23-14-11-15-24(27(23)35)34(36,37)38)26-30(39-28(29)22-12-5-2-6-13-22)40-32(43-18-9-4-10-19-43)41-31(26)42-16-7-3-8-17-42/h2,5-6,11-15,25H,3-4,7-10,16-21H2,1H3,(H,39,40,41). The fraction of sp³-hybridized carbons (Fsp3) is 0.441. The Bertz CT molecular complexity index is 1610. The van der Waals surface area contributed by atoms with Gasteiger partial charge in [0.1, 0.15) is 24.0 Å². The van der Waals surface area contributed by atoms with Crippen LogP contribution in [0, 0.1) is 0 Å². The molecule has 1 unspecified atom stereocenters. The highest BCUT2D eigenvalue weighted by Gasteiger charge is 2.42. The molecule has 3 aliphatic heterocycles. The van der Waals surface area contributed by atoms with Gasteiger partial charge in [-0.2, -0.15) is 23.1 Å². The number of nitrogens with zero attached hydrogens (tertiary/aromatic N) is 4. The molecule has 2 fully saturated rings. The van der Waals surface area contributed by atoms with Gasteiger partial charge in [-0.1, -0.05) is 54.1 Å². The quantitative estimate of drug-likeness (QED) is 0.190. The summed E-state index contributed by atoms with van der Waals surface area (Å²) in [5.74, 6) is 0.459. The number of carbonyl (C=O) groups excluding carboxylic acids is 1. The molecule has 250 valence electrons. The Morgan fingerprint density at radius 1 is 0.915 bits per heavy atom. The van der Waals surface area contributed by atoms with E-state index in [-0.39, 0.29) is 24.5 Å². The monoisotopic (exact) mass is 671 g/mol. The molecule has 1 aromatic heterocycles. The van der Waals surface area contributed by atoms with E-state index < -0.39 is 28.8 Å². The number of halogens is 4. The highest BCUT2D eigenvalue weighted by atomic mass is 35.5. The number of piperidine rings is 2. The minimum Gasteiger partial charge on any atom is -0.432 e. The Hall–Kier alpha value is -4.03. The van der Waals surface area contributed by atoms with E-state index in [1.54, 1.807) is 0 Å². The lowest BCUT2D eigenvalue weighted by molar-refractivity contribution is -0.137. The number of fused-ring (bicyclic) bond motifs is 1. The number of allylic oxidation sites excluding steroid dienone is 1. The lowest BCUT2D eigenvalue weighted by Gasteiger charge is -2.37. The van der Waals surface area contributed by atoms with Crippen LogP contribution in [0.5, 0.6) is 0 Å². The number of hydrogen-bond donors (Lipinski definition) is 1. The molecule has 9 nitrogen and oxygen atoms in total. The van der Waals surface area contributed by atoms with E-state index in [2.05, 4.69) is 15.1 Å². The number of benzene rings is 2. The molecule has 13 heteroatoms. The molecule has 0 radical (unpaired) electrons. The summed E-state index contributed by atoms with van der Waals surface area (Å²) in [6.07, 6.45) is 0.302. The molecule has 3 aliphatic rings. The topological polar surface area (TPSA) is 89.0 Å². The minimum absolute atomic E-state index is 0.0277. The van der Waals surface area contributed by atoms with E-state index in [0.29, 0.717) is 47.5 Å². The molecule has 0 spiro atoms. The molecule has 3 aromatic rings. The summed E-state index contributed by atoms with van der Waals surface area (Å²) in [4.78, 5) is 27.6. The maximum absolute atomic E-state index is 14.3. The predicted octanol–water partition coefficient (Wildman–Crippen LogP) is 7.86. The van der Waals surface area contributed by atoms with Crippen LogP contribution >= 0.6 is 11.6 Å². The fourth-order valence-electron chi connectivity index (χ4n) is 6.39. The van der Waals surface area contributed by atoms with Crippen LogP contribution in [0.1, 0.15) is 66.7 Å². The highest BCUT2D eigenvalue weighted by Crippen LogP contribution is 2.51. The van der Waals surface area contributed by atoms with Crippen LogP contribution in [0.15, 0.2) is 54.3 Å². The van der Waals surface area contributed by atoms with Crippen LogP contribution < -0.4 is 15.1 Å². The number of carbonyl (C=O) groups is 1. The first-order valence-electron chi connectivity index (χ1n) is 15.9. The zero-order valence-electron chi connectivity index (χ0n) is 26.1. The van der Waals surface area contributed by atoms with E-state index in [4.69, 9.17) is 35.8 Å². The minimum atomic E-state index is -4.72. The maximum Gasteiger partial charge on any atom is 0.513 e. The molecule has 1 N–H and O–H groups in total. The normalized spacial score (nSPS) is 18.4. The van der Waals surface area contributed by atoms with Crippen LogP contribution in [0.3, 0.4) is 0 Å². The van der Waals surface area contributed by atoms with Crippen molar-refractivity contribution in [3.8, 4) is 0 Å². The summed E-state index contributed by atoms with van der Waals surface area (Å²) in [6, 6.07) is 12.9. The van der Waals surface area contributed by atoms with Gasteiger partial charge >= 0.3 is 12.3 Å². The van der Waals surface area contributed by atoms with E-state index in [1.807, 2.05) is 30.3 Å². The third kappa shape index (κ3) is 7.13. The van der Waals surface area contributed by atoms with Crippen molar-refractivity contribution in [2.24, 2.45) is 0 Å². The number of alkyl halides is 3. The van der Waals surface area contributed by atoms with Crippen LogP contribution in [0.25, 0.3) is 5.70 Å².